The van der Waals surface area contributed by atoms with Crippen molar-refractivity contribution in [1.29, 1.82) is 0 Å². The molecular formula is C16H10ClIN2OS. The minimum Gasteiger partial charge on any atom is -0.300 e. The van der Waals surface area contributed by atoms with Crippen LogP contribution in [-0.4, -0.2) is 11.1 Å². The first-order valence-electron chi connectivity index (χ1n) is 6.41. The summed E-state index contributed by atoms with van der Waals surface area (Å²) in [5, 5.41) is 3.85. The van der Waals surface area contributed by atoms with Gasteiger partial charge in [0.05, 0.1) is 15.6 Å². The number of benzene rings is 2. The monoisotopic (exact) mass is 440 g/mol. The van der Waals surface area contributed by atoms with Gasteiger partial charge >= 0.3 is 0 Å². The fraction of sp³-hybridized carbons (Fsp3) is 0. The molecule has 0 aliphatic carbocycles. The lowest BCUT2D eigenvalue weighted by Crippen LogP contribution is -2.19. The number of nitrogens with zero attached hydrogens (tertiary/aromatic N) is 1. The zero-order valence-electron chi connectivity index (χ0n) is 11.2. The molecule has 1 N–H and O–H groups in total. The number of hydrogen-bond acceptors (Lipinski definition) is 3. The topological polar surface area (TPSA) is 41.5 Å². The Labute approximate surface area is 151 Å². The lowest BCUT2D eigenvalue weighted by molar-refractivity contribution is -0.115. The molecule has 3 rings (SSSR count). The molecule has 2 aromatic rings. The summed E-state index contributed by atoms with van der Waals surface area (Å²) in [5.41, 5.74) is 1.63. The Balaban J connectivity index is 1.86. The van der Waals surface area contributed by atoms with Gasteiger partial charge in [0, 0.05) is 3.57 Å². The number of nitrogens with one attached hydrogen (secondary N) is 1. The number of rotatable bonds is 2. The Bertz CT molecular complexity index is 804. The van der Waals surface area contributed by atoms with Crippen LogP contribution in [0, 0.1) is 3.57 Å². The highest BCUT2D eigenvalue weighted by Crippen LogP contribution is 2.30. The molecule has 0 bridgehead atoms. The van der Waals surface area contributed by atoms with Crippen molar-refractivity contribution in [3.8, 4) is 0 Å². The molecule has 1 aliphatic heterocycles. The predicted molar refractivity (Wildman–Crippen MR) is 101 cm³/mol. The Morgan fingerprint density at radius 3 is 2.77 bits per heavy atom. The van der Waals surface area contributed by atoms with Crippen molar-refractivity contribution in [2.75, 3.05) is 0 Å². The minimum absolute atomic E-state index is 0.144. The molecule has 0 spiro atoms. The van der Waals surface area contributed by atoms with Gasteiger partial charge in [0.2, 0.25) is 0 Å². The van der Waals surface area contributed by atoms with E-state index in [-0.39, 0.29) is 5.91 Å². The van der Waals surface area contributed by atoms with Gasteiger partial charge < -0.3 is 5.32 Å². The van der Waals surface area contributed by atoms with Crippen molar-refractivity contribution in [1.82, 2.24) is 5.32 Å². The van der Waals surface area contributed by atoms with Gasteiger partial charge in [-0.3, -0.25) is 4.79 Å². The van der Waals surface area contributed by atoms with Crippen molar-refractivity contribution in [2.24, 2.45) is 4.99 Å². The smallest absolute Gasteiger partial charge is 0.264 e. The maximum absolute atomic E-state index is 12.0. The van der Waals surface area contributed by atoms with Crippen LogP contribution in [0.2, 0.25) is 5.02 Å². The molecule has 1 heterocycles. The summed E-state index contributed by atoms with van der Waals surface area (Å²) in [6.07, 6.45) is 1.86. The Morgan fingerprint density at radius 2 is 2.00 bits per heavy atom. The molecule has 3 nitrogen and oxygen atoms in total. The van der Waals surface area contributed by atoms with Crippen molar-refractivity contribution < 1.29 is 4.79 Å². The molecule has 0 atom stereocenters. The third-order valence-electron chi connectivity index (χ3n) is 2.87. The van der Waals surface area contributed by atoms with E-state index in [0.717, 1.165) is 9.13 Å². The fourth-order valence-electron chi connectivity index (χ4n) is 1.88. The minimum atomic E-state index is -0.144. The predicted octanol–water partition coefficient (Wildman–Crippen LogP) is 4.84. The summed E-state index contributed by atoms with van der Waals surface area (Å²) in [7, 11) is 0. The Morgan fingerprint density at radius 1 is 1.18 bits per heavy atom. The van der Waals surface area contributed by atoms with Crippen LogP contribution in [0.4, 0.5) is 5.69 Å². The highest BCUT2D eigenvalue weighted by atomic mass is 127. The third-order valence-corrected chi connectivity index (χ3v) is 4.77. The maximum atomic E-state index is 12.0. The average molecular weight is 441 g/mol. The number of hydrogen-bond donors (Lipinski definition) is 1. The first-order chi connectivity index (χ1) is 10.6. The molecule has 2 aromatic carbocycles. The number of carbonyl (C=O) groups is 1. The van der Waals surface area contributed by atoms with Crippen molar-refractivity contribution in [3.63, 3.8) is 0 Å². The molecule has 1 aliphatic rings. The van der Waals surface area contributed by atoms with Crippen LogP contribution in [0.25, 0.3) is 6.08 Å². The van der Waals surface area contributed by atoms with E-state index in [1.54, 1.807) is 6.07 Å². The zero-order chi connectivity index (χ0) is 15.5. The second kappa shape index (κ2) is 6.85. The van der Waals surface area contributed by atoms with Crippen LogP contribution in [0.15, 0.2) is 58.4 Å². The first kappa shape index (κ1) is 15.6. The largest absolute Gasteiger partial charge is 0.300 e. The number of thioether (sulfide) groups is 1. The summed E-state index contributed by atoms with van der Waals surface area (Å²) in [4.78, 5) is 17.0. The summed E-state index contributed by atoms with van der Waals surface area (Å²) in [5.74, 6) is -0.144. The van der Waals surface area contributed by atoms with Gasteiger partial charge in [-0.1, -0.05) is 35.9 Å². The van der Waals surface area contributed by atoms with E-state index in [1.807, 2.05) is 48.5 Å². The van der Waals surface area contributed by atoms with Gasteiger partial charge in [-0.05, 0) is 70.3 Å². The molecule has 1 amide bonds. The van der Waals surface area contributed by atoms with Gasteiger partial charge in [0.15, 0.2) is 5.17 Å². The Kier molecular flexibility index (Phi) is 4.85. The zero-order valence-corrected chi connectivity index (χ0v) is 14.9. The van der Waals surface area contributed by atoms with E-state index >= 15 is 0 Å². The van der Waals surface area contributed by atoms with E-state index < -0.39 is 0 Å². The summed E-state index contributed by atoms with van der Waals surface area (Å²) in [6.45, 7) is 0. The van der Waals surface area contributed by atoms with E-state index in [1.165, 1.54) is 11.8 Å². The molecule has 6 heteroatoms. The molecule has 0 saturated carbocycles. The number of para-hydroxylation sites is 1. The summed E-state index contributed by atoms with van der Waals surface area (Å²) >= 11 is 9.64. The van der Waals surface area contributed by atoms with Crippen LogP contribution < -0.4 is 5.32 Å². The highest BCUT2D eigenvalue weighted by Gasteiger charge is 2.23. The van der Waals surface area contributed by atoms with E-state index in [0.29, 0.717) is 20.8 Å². The second-order valence-corrected chi connectivity index (χ2v) is 7.17. The third kappa shape index (κ3) is 3.71. The number of aliphatic imine (C=N–C) groups is 1. The summed E-state index contributed by atoms with van der Waals surface area (Å²) in [6, 6.07) is 15.2. The number of carbonyl (C=O) groups excluding carboxylic acids is 1. The fourth-order valence-corrected chi connectivity index (χ4v) is 3.46. The lowest BCUT2D eigenvalue weighted by atomic mass is 10.2. The molecule has 1 saturated heterocycles. The Hall–Kier alpha value is -1.31. The highest BCUT2D eigenvalue weighted by molar-refractivity contribution is 14.1. The molecule has 0 unspecified atom stereocenters. The van der Waals surface area contributed by atoms with E-state index in [4.69, 9.17) is 11.6 Å². The van der Waals surface area contributed by atoms with Crippen LogP contribution in [0.5, 0.6) is 0 Å². The normalized spacial score (nSPS) is 18.0. The standard InChI is InChI=1S/C16H10ClIN2OS/c17-12-6-1-2-7-13(12)19-16-20-15(21)14(22-16)9-10-4-3-5-11(18)8-10/h1-9H,(H,19,20,21)/b14-9-. The summed E-state index contributed by atoms with van der Waals surface area (Å²) < 4.78 is 1.13. The number of amides is 1. The number of amidine groups is 1. The van der Waals surface area contributed by atoms with E-state index in [9.17, 15) is 4.79 Å². The van der Waals surface area contributed by atoms with Crippen LogP contribution in [0.1, 0.15) is 5.56 Å². The van der Waals surface area contributed by atoms with Crippen molar-refractivity contribution in [2.45, 2.75) is 0 Å². The van der Waals surface area contributed by atoms with Crippen LogP contribution in [-0.2, 0) is 4.79 Å². The average Bonchev–Trinajstić information content (AvgIpc) is 2.81. The molecule has 110 valence electrons. The van der Waals surface area contributed by atoms with Crippen molar-refractivity contribution in [3.05, 3.63) is 67.6 Å². The van der Waals surface area contributed by atoms with Crippen LogP contribution in [0.3, 0.4) is 0 Å². The van der Waals surface area contributed by atoms with Crippen LogP contribution >= 0.6 is 46.0 Å². The maximum Gasteiger partial charge on any atom is 0.264 e. The van der Waals surface area contributed by atoms with Crippen molar-refractivity contribution >= 4 is 68.8 Å². The first-order valence-corrected chi connectivity index (χ1v) is 8.69. The second-order valence-electron chi connectivity index (χ2n) is 4.49. The molecule has 0 radical (unpaired) electrons. The van der Waals surface area contributed by atoms with Gasteiger partial charge in [0.25, 0.3) is 5.91 Å². The van der Waals surface area contributed by atoms with Gasteiger partial charge in [-0.15, -0.1) is 0 Å². The molecular weight excluding hydrogens is 431 g/mol. The van der Waals surface area contributed by atoms with E-state index in [2.05, 4.69) is 32.9 Å². The molecule has 22 heavy (non-hydrogen) atoms. The molecule has 1 fully saturated rings. The van der Waals surface area contributed by atoms with Gasteiger partial charge in [0.1, 0.15) is 0 Å². The number of halogens is 2. The molecule has 0 aromatic heterocycles. The van der Waals surface area contributed by atoms with Gasteiger partial charge in [-0.25, -0.2) is 4.99 Å². The lowest BCUT2D eigenvalue weighted by Gasteiger charge is -1.98. The SMILES string of the molecule is O=C1NC(=Nc2ccccc2Cl)S/C1=C\c1cccc(I)c1. The van der Waals surface area contributed by atoms with Gasteiger partial charge in [-0.2, -0.15) is 0 Å². The quantitative estimate of drug-likeness (QED) is 0.536.